The number of ether oxygens (including phenoxy) is 1. The number of nitrogens with one attached hydrogen (secondary N) is 2. The molecular formula is C27H29Cl2N5O4S2. The van der Waals surface area contributed by atoms with Crippen molar-refractivity contribution < 1.29 is 17.9 Å². The summed E-state index contributed by atoms with van der Waals surface area (Å²) in [5.74, 6) is 0.485. The van der Waals surface area contributed by atoms with Crippen LogP contribution in [0.1, 0.15) is 10.4 Å². The Balaban J connectivity index is 0.00000370. The molecule has 212 valence electrons. The summed E-state index contributed by atoms with van der Waals surface area (Å²) in [6.45, 7) is 4.53. The average Bonchev–Trinajstić information content (AvgIpc) is 3.37. The number of rotatable bonds is 9. The number of carbonyl (C=O) groups is 1. The zero-order chi connectivity index (χ0) is 27.4. The number of sulfonamides is 1. The number of nitrogens with zero attached hydrogens (tertiary/aromatic N) is 3. The number of piperazine rings is 1. The smallest absolute Gasteiger partial charge is 0.261 e. The van der Waals surface area contributed by atoms with E-state index < -0.39 is 10.0 Å². The second-order valence-corrected chi connectivity index (χ2v) is 12.1. The molecule has 1 aliphatic rings. The van der Waals surface area contributed by atoms with E-state index in [4.69, 9.17) is 21.3 Å². The van der Waals surface area contributed by atoms with E-state index >= 15 is 0 Å². The first-order chi connectivity index (χ1) is 18.8. The normalized spacial score (nSPS) is 14.0. The molecule has 1 fully saturated rings. The maximum absolute atomic E-state index is 12.9. The van der Waals surface area contributed by atoms with Crippen molar-refractivity contribution in [2.24, 2.45) is 0 Å². The van der Waals surface area contributed by atoms with Gasteiger partial charge in [0.25, 0.3) is 15.9 Å². The second-order valence-electron chi connectivity index (χ2n) is 9.02. The van der Waals surface area contributed by atoms with Crippen LogP contribution >= 0.6 is 35.3 Å². The van der Waals surface area contributed by atoms with Crippen LogP contribution in [-0.4, -0.2) is 70.6 Å². The molecule has 0 atom stereocenters. The predicted molar refractivity (Wildman–Crippen MR) is 163 cm³/mol. The lowest BCUT2D eigenvalue weighted by atomic mass is 10.1. The van der Waals surface area contributed by atoms with Gasteiger partial charge < -0.3 is 15.0 Å². The quantitative estimate of drug-likeness (QED) is 0.278. The van der Waals surface area contributed by atoms with Crippen LogP contribution < -0.4 is 19.7 Å². The monoisotopic (exact) mass is 621 g/mol. The van der Waals surface area contributed by atoms with E-state index in [-0.39, 0.29) is 34.5 Å². The third-order valence-electron chi connectivity index (χ3n) is 6.48. The highest BCUT2D eigenvalue weighted by molar-refractivity contribution is 7.92. The molecule has 1 amide bonds. The number of carbonyl (C=O) groups excluding carboxylic acids is 1. The van der Waals surface area contributed by atoms with Gasteiger partial charge in [-0.25, -0.2) is 13.4 Å². The molecule has 0 spiro atoms. The number of aromatic nitrogens is 1. The van der Waals surface area contributed by atoms with Crippen molar-refractivity contribution >= 4 is 72.3 Å². The largest absolute Gasteiger partial charge is 0.497 e. The minimum Gasteiger partial charge on any atom is -0.497 e. The predicted octanol–water partition coefficient (Wildman–Crippen LogP) is 4.73. The van der Waals surface area contributed by atoms with Crippen molar-refractivity contribution in [2.75, 3.05) is 56.0 Å². The van der Waals surface area contributed by atoms with Gasteiger partial charge in [-0.2, -0.15) is 0 Å². The summed E-state index contributed by atoms with van der Waals surface area (Å²) in [7, 11) is -2.22. The molecule has 0 bridgehead atoms. The van der Waals surface area contributed by atoms with Gasteiger partial charge in [0.2, 0.25) is 0 Å². The molecular weight excluding hydrogens is 593 g/mol. The topological polar surface area (TPSA) is 104 Å². The zero-order valence-electron chi connectivity index (χ0n) is 21.7. The summed E-state index contributed by atoms with van der Waals surface area (Å²) < 4.78 is 34.6. The standard InChI is InChI=1S/C27H28ClN5O4S2.ClH/c1-37-20-8-11-24-25(18-20)38-27(30-24)33-16-14-32(15-17-33)13-12-29-26(34)22-4-2-3-5-23(22)31-39(35,36)21-9-6-19(28)7-10-21;/h2-11,18,31H,12-17H2,1H3,(H,29,34);1H. The molecule has 2 N–H and O–H groups in total. The van der Waals surface area contributed by atoms with Gasteiger partial charge in [0, 0.05) is 44.3 Å². The van der Waals surface area contributed by atoms with Gasteiger partial charge in [0.15, 0.2) is 5.13 Å². The number of hydrogen-bond acceptors (Lipinski definition) is 8. The van der Waals surface area contributed by atoms with E-state index in [2.05, 4.69) is 19.8 Å². The Hall–Kier alpha value is -3.09. The van der Waals surface area contributed by atoms with Crippen LogP contribution in [0.25, 0.3) is 10.2 Å². The Morgan fingerprint density at radius 3 is 2.50 bits per heavy atom. The molecule has 3 aromatic carbocycles. The molecule has 4 aromatic rings. The van der Waals surface area contributed by atoms with Crippen LogP contribution in [0, 0.1) is 0 Å². The summed E-state index contributed by atoms with van der Waals surface area (Å²) in [4.78, 5) is 22.4. The van der Waals surface area contributed by atoms with E-state index in [1.807, 2.05) is 18.2 Å². The van der Waals surface area contributed by atoms with Crippen LogP contribution in [0.2, 0.25) is 5.02 Å². The zero-order valence-corrected chi connectivity index (χ0v) is 24.9. The number of para-hydroxylation sites is 1. The van der Waals surface area contributed by atoms with Gasteiger partial charge in [-0.1, -0.05) is 35.1 Å². The van der Waals surface area contributed by atoms with E-state index in [1.54, 1.807) is 42.7 Å². The van der Waals surface area contributed by atoms with Gasteiger partial charge in [-0.05, 0) is 54.6 Å². The second kappa shape index (κ2) is 13.0. The molecule has 2 heterocycles. The third kappa shape index (κ3) is 6.97. The van der Waals surface area contributed by atoms with Crippen molar-refractivity contribution in [1.82, 2.24) is 15.2 Å². The molecule has 13 heteroatoms. The highest BCUT2D eigenvalue weighted by Gasteiger charge is 2.21. The first kappa shape index (κ1) is 29.9. The van der Waals surface area contributed by atoms with Crippen molar-refractivity contribution in [2.45, 2.75) is 4.90 Å². The van der Waals surface area contributed by atoms with E-state index in [0.29, 0.717) is 18.1 Å². The molecule has 0 radical (unpaired) electrons. The number of amides is 1. The molecule has 1 saturated heterocycles. The van der Waals surface area contributed by atoms with Crippen LogP contribution in [0.5, 0.6) is 5.75 Å². The van der Waals surface area contributed by atoms with Crippen molar-refractivity contribution in [1.29, 1.82) is 0 Å². The number of halogens is 2. The maximum atomic E-state index is 12.9. The Kier molecular flexibility index (Phi) is 9.75. The van der Waals surface area contributed by atoms with Crippen molar-refractivity contribution in [3.63, 3.8) is 0 Å². The SMILES string of the molecule is COc1ccc2nc(N3CCN(CCNC(=O)c4ccccc4NS(=O)(=O)c4ccc(Cl)cc4)CC3)sc2c1.Cl. The Morgan fingerprint density at radius 1 is 1.05 bits per heavy atom. The Labute approximate surface area is 248 Å². The molecule has 0 unspecified atom stereocenters. The van der Waals surface area contributed by atoms with Crippen molar-refractivity contribution in [3.8, 4) is 5.75 Å². The average molecular weight is 623 g/mol. The van der Waals surface area contributed by atoms with Crippen LogP contribution in [0.3, 0.4) is 0 Å². The highest BCUT2D eigenvalue weighted by atomic mass is 35.5. The lowest BCUT2D eigenvalue weighted by Crippen LogP contribution is -2.48. The minimum atomic E-state index is -3.88. The molecule has 0 saturated carbocycles. The van der Waals surface area contributed by atoms with E-state index in [9.17, 15) is 13.2 Å². The number of methoxy groups -OCH3 is 1. The molecule has 40 heavy (non-hydrogen) atoms. The van der Waals surface area contributed by atoms with Crippen molar-refractivity contribution in [3.05, 3.63) is 77.3 Å². The van der Waals surface area contributed by atoms with Crippen LogP contribution in [0.15, 0.2) is 71.6 Å². The Bertz CT molecular complexity index is 1570. The summed E-state index contributed by atoms with van der Waals surface area (Å²) in [5, 5.41) is 4.36. The van der Waals surface area contributed by atoms with Crippen LogP contribution in [-0.2, 0) is 10.0 Å². The fourth-order valence-corrected chi connectivity index (χ4v) is 6.58. The third-order valence-corrected chi connectivity index (χ3v) is 9.19. The molecule has 0 aliphatic carbocycles. The lowest BCUT2D eigenvalue weighted by Gasteiger charge is -2.34. The summed E-state index contributed by atoms with van der Waals surface area (Å²) in [5.41, 5.74) is 1.44. The molecule has 9 nitrogen and oxygen atoms in total. The first-order valence-electron chi connectivity index (χ1n) is 12.4. The van der Waals surface area contributed by atoms with E-state index in [1.165, 1.54) is 24.3 Å². The molecule has 1 aliphatic heterocycles. The molecule has 1 aromatic heterocycles. The van der Waals surface area contributed by atoms with Gasteiger partial charge >= 0.3 is 0 Å². The molecule has 5 rings (SSSR count). The van der Waals surface area contributed by atoms with E-state index in [0.717, 1.165) is 47.3 Å². The van der Waals surface area contributed by atoms with Crippen LogP contribution in [0.4, 0.5) is 10.8 Å². The number of fused-ring (bicyclic) bond motifs is 1. The summed E-state index contributed by atoms with van der Waals surface area (Å²) >= 11 is 7.54. The Morgan fingerprint density at radius 2 is 1.77 bits per heavy atom. The number of hydrogen-bond donors (Lipinski definition) is 2. The van der Waals surface area contributed by atoms with Gasteiger partial charge in [0.1, 0.15) is 5.75 Å². The fraction of sp³-hybridized carbons (Fsp3) is 0.259. The summed E-state index contributed by atoms with van der Waals surface area (Å²) in [6, 6.07) is 18.3. The lowest BCUT2D eigenvalue weighted by molar-refractivity contribution is 0.0948. The first-order valence-corrected chi connectivity index (χ1v) is 15.1. The highest BCUT2D eigenvalue weighted by Crippen LogP contribution is 2.32. The number of benzene rings is 3. The van der Waals surface area contributed by atoms with Gasteiger partial charge in [-0.3, -0.25) is 14.4 Å². The maximum Gasteiger partial charge on any atom is 0.261 e. The number of thiazole rings is 1. The fourth-order valence-electron chi connectivity index (χ4n) is 4.33. The number of anilines is 2. The van der Waals surface area contributed by atoms with Gasteiger partial charge in [-0.15, -0.1) is 12.4 Å². The van der Waals surface area contributed by atoms with Gasteiger partial charge in [0.05, 0.1) is 33.5 Å². The summed E-state index contributed by atoms with van der Waals surface area (Å²) in [6.07, 6.45) is 0. The minimum absolute atomic E-state index is 0.